The number of hydrogen-bond acceptors (Lipinski definition) is 8. The van der Waals surface area contributed by atoms with Gasteiger partial charge in [-0.1, -0.05) is 18.2 Å². The summed E-state index contributed by atoms with van der Waals surface area (Å²) in [4.78, 5) is 52.9. The van der Waals surface area contributed by atoms with Gasteiger partial charge in [-0.2, -0.15) is 24.4 Å². The lowest BCUT2D eigenvalue weighted by molar-refractivity contribution is -0.141. The highest BCUT2D eigenvalue weighted by molar-refractivity contribution is 7.98. The fourth-order valence-electron chi connectivity index (χ4n) is 3.33. The van der Waals surface area contributed by atoms with Crippen molar-refractivity contribution in [3.63, 3.8) is 0 Å². The molecule has 0 aliphatic heterocycles. The third-order valence-corrected chi connectivity index (χ3v) is 6.32. The number of hydrogen-bond donors (Lipinski definition) is 8. The molecule has 8 N–H and O–H groups in total. The Bertz CT molecular complexity index is 1030. The van der Waals surface area contributed by atoms with Gasteiger partial charge in [0.1, 0.15) is 24.2 Å². The van der Waals surface area contributed by atoms with Gasteiger partial charge in [-0.3, -0.25) is 14.4 Å². The van der Waals surface area contributed by atoms with Crippen LogP contribution in [-0.4, -0.2) is 87.4 Å². The first-order valence-electron chi connectivity index (χ1n) is 10.9. The van der Waals surface area contributed by atoms with Crippen LogP contribution in [0.25, 0.3) is 10.9 Å². The highest BCUT2D eigenvalue weighted by Gasteiger charge is 2.30. The molecule has 11 nitrogen and oxygen atoms in total. The van der Waals surface area contributed by atoms with Crippen LogP contribution < -0.4 is 21.7 Å². The molecule has 0 bridgehead atoms. The fourth-order valence-corrected chi connectivity index (χ4v) is 4.04. The van der Waals surface area contributed by atoms with Crippen molar-refractivity contribution in [2.24, 2.45) is 5.73 Å². The second-order valence-electron chi connectivity index (χ2n) is 7.84. The number of aliphatic carboxylic acids is 1. The summed E-state index contributed by atoms with van der Waals surface area (Å²) in [7, 11) is 0. The van der Waals surface area contributed by atoms with Crippen LogP contribution in [0.2, 0.25) is 0 Å². The van der Waals surface area contributed by atoms with Crippen molar-refractivity contribution in [1.82, 2.24) is 20.9 Å². The number of fused-ring (bicyclic) bond motifs is 1. The van der Waals surface area contributed by atoms with Gasteiger partial charge in [-0.05, 0) is 30.1 Å². The van der Waals surface area contributed by atoms with Crippen molar-refractivity contribution in [1.29, 1.82) is 0 Å². The van der Waals surface area contributed by atoms with Gasteiger partial charge in [0, 0.05) is 29.3 Å². The molecule has 4 atom stereocenters. The Balaban J connectivity index is 2.28. The van der Waals surface area contributed by atoms with Gasteiger partial charge in [-0.25, -0.2) is 4.79 Å². The molecule has 3 amide bonds. The maximum Gasteiger partial charge on any atom is 0.327 e. The topological polar surface area (TPSA) is 187 Å². The zero-order valence-corrected chi connectivity index (χ0v) is 20.9. The van der Waals surface area contributed by atoms with Gasteiger partial charge in [0.05, 0.1) is 6.61 Å². The van der Waals surface area contributed by atoms with Crippen LogP contribution in [0.4, 0.5) is 0 Å². The number of aromatic nitrogens is 1. The molecule has 0 spiro atoms. The number of aliphatic hydroxyl groups is 1. The number of aromatic amines is 1. The zero-order chi connectivity index (χ0) is 26.0. The Morgan fingerprint density at radius 1 is 1.06 bits per heavy atom. The van der Waals surface area contributed by atoms with Crippen molar-refractivity contribution < 1.29 is 29.4 Å². The monoisotopic (exact) mass is 525 g/mol. The lowest BCUT2D eigenvalue weighted by Crippen LogP contribution is -2.58. The molecule has 0 radical (unpaired) electrons. The Morgan fingerprint density at radius 3 is 2.31 bits per heavy atom. The van der Waals surface area contributed by atoms with Crippen LogP contribution in [0.1, 0.15) is 12.0 Å². The summed E-state index contributed by atoms with van der Waals surface area (Å²) in [5.41, 5.74) is 7.14. The molecule has 4 unspecified atom stereocenters. The van der Waals surface area contributed by atoms with E-state index in [-0.39, 0.29) is 18.6 Å². The van der Waals surface area contributed by atoms with Gasteiger partial charge < -0.3 is 36.9 Å². The molecule has 0 aliphatic carbocycles. The molecule has 35 heavy (non-hydrogen) atoms. The van der Waals surface area contributed by atoms with Crippen LogP contribution >= 0.6 is 24.4 Å². The quantitative estimate of drug-likeness (QED) is 0.148. The summed E-state index contributed by atoms with van der Waals surface area (Å²) in [6.07, 6.45) is 3.89. The Kier molecular flexibility index (Phi) is 11.4. The molecule has 13 heteroatoms. The number of nitrogens with one attached hydrogen (secondary N) is 4. The summed E-state index contributed by atoms with van der Waals surface area (Å²) < 4.78 is 0. The number of rotatable bonds is 14. The number of carbonyl (C=O) groups is 4. The third kappa shape index (κ3) is 8.16. The number of thiol groups is 1. The number of aliphatic hydroxyl groups excluding tert-OH is 1. The fraction of sp³-hybridized carbons (Fsp3) is 0.455. The Labute approximate surface area is 212 Å². The van der Waals surface area contributed by atoms with E-state index in [4.69, 9.17) is 10.8 Å². The summed E-state index contributed by atoms with van der Waals surface area (Å²) in [6.45, 7) is -0.589. The molecule has 2 aromatic rings. The number of carboxylic acids is 1. The molecular weight excluding hydrogens is 494 g/mol. The number of H-pyrrole nitrogens is 1. The first-order valence-corrected chi connectivity index (χ1v) is 12.9. The SMILES string of the molecule is CSCCC(NC(=O)C(N)CO)C(=O)NC(Cc1c[nH]c2ccccc12)C(=O)NC(CS)C(=O)O. The molecule has 192 valence electrons. The van der Waals surface area contributed by atoms with Gasteiger partial charge in [-0.15, -0.1) is 0 Å². The van der Waals surface area contributed by atoms with Crippen molar-refractivity contribution in [3.05, 3.63) is 36.0 Å². The molecule has 1 aromatic heterocycles. The molecule has 2 rings (SSSR count). The molecule has 0 saturated heterocycles. The van der Waals surface area contributed by atoms with E-state index in [1.165, 1.54) is 11.8 Å². The minimum atomic E-state index is -1.26. The summed E-state index contributed by atoms with van der Waals surface area (Å²) in [5.74, 6) is -2.89. The normalized spacial score (nSPS) is 14.5. The number of benzene rings is 1. The van der Waals surface area contributed by atoms with E-state index < -0.39 is 54.5 Å². The average Bonchev–Trinajstić information content (AvgIpc) is 3.26. The van der Waals surface area contributed by atoms with Gasteiger partial charge in [0.2, 0.25) is 17.7 Å². The van der Waals surface area contributed by atoms with E-state index in [1.807, 2.05) is 30.5 Å². The van der Waals surface area contributed by atoms with Crippen LogP contribution in [0, 0.1) is 0 Å². The second kappa shape index (κ2) is 14.0. The average molecular weight is 526 g/mol. The predicted molar refractivity (Wildman–Crippen MR) is 137 cm³/mol. The highest BCUT2D eigenvalue weighted by Crippen LogP contribution is 2.19. The Hall–Kier alpha value is -2.74. The van der Waals surface area contributed by atoms with E-state index in [1.54, 1.807) is 6.20 Å². The minimum absolute atomic E-state index is 0.0693. The van der Waals surface area contributed by atoms with E-state index in [0.29, 0.717) is 5.75 Å². The lowest BCUT2D eigenvalue weighted by atomic mass is 10.0. The maximum absolute atomic E-state index is 13.1. The van der Waals surface area contributed by atoms with E-state index >= 15 is 0 Å². The van der Waals surface area contributed by atoms with Gasteiger partial charge in [0.15, 0.2) is 0 Å². The highest BCUT2D eigenvalue weighted by atomic mass is 32.2. The molecule has 0 saturated carbocycles. The lowest BCUT2D eigenvalue weighted by Gasteiger charge is -2.25. The number of para-hydroxylation sites is 1. The molecule has 1 heterocycles. The van der Waals surface area contributed by atoms with E-state index in [9.17, 15) is 24.3 Å². The minimum Gasteiger partial charge on any atom is -0.480 e. The number of carbonyl (C=O) groups excluding carboxylic acids is 3. The standard InChI is InChI=1S/C22H31N5O6S2/c1-35-7-6-16(25-19(29)14(23)10-28)20(30)26-17(21(31)27-18(11-34)22(32)33)8-12-9-24-15-5-3-2-4-13(12)15/h2-5,9,14,16-18,24,28,34H,6-8,10-11,23H2,1H3,(H,25,29)(H,26,30)(H,27,31)(H,32,33). The number of amides is 3. The second-order valence-corrected chi connectivity index (χ2v) is 9.19. The zero-order valence-electron chi connectivity index (χ0n) is 19.2. The summed E-state index contributed by atoms with van der Waals surface area (Å²) in [5, 5.41) is 26.8. The number of thioether (sulfide) groups is 1. The van der Waals surface area contributed by atoms with E-state index in [0.717, 1.165) is 16.5 Å². The molecule has 0 fully saturated rings. The molecule has 0 aliphatic rings. The third-order valence-electron chi connectivity index (χ3n) is 5.31. The maximum atomic E-state index is 13.1. The van der Waals surface area contributed by atoms with Crippen molar-refractivity contribution in [2.45, 2.75) is 37.0 Å². The van der Waals surface area contributed by atoms with Gasteiger partial charge in [0.25, 0.3) is 0 Å². The van der Waals surface area contributed by atoms with Crippen molar-refractivity contribution in [2.75, 3.05) is 24.4 Å². The predicted octanol–water partition coefficient (Wildman–Crippen LogP) is -0.748. The smallest absolute Gasteiger partial charge is 0.327 e. The summed E-state index contributed by atoms with van der Waals surface area (Å²) >= 11 is 5.44. The van der Waals surface area contributed by atoms with Crippen molar-refractivity contribution >= 4 is 59.0 Å². The largest absolute Gasteiger partial charge is 0.480 e. The van der Waals surface area contributed by atoms with Crippen LogP contribution in [0.15, 0.2) is 30.5 Å². The number of carboxylic acid groups (broad SMARTS) is 1. The van der Waals surface area contributed by atoms with Crippen LogP contribution in [0.3, 0.4) is 0 Å². The first-order chi connectivity index (χ1) is 16.7. The number of nitrogens with two attached hydrogens (primary N) is 1. The first kappa shape index (κ1) is 28.5. The molecule has 1 aromatic carbocycles. The van der Waals surface area contributed by atoms with Crippen LogP contribution in [-0.2, 0) is 25.6 Å². The Morgan fingerprint density at radius 2 is 1.69 bits per heavy atom. The summed E-state index contributed by atoms with van der Waals surface area (Å²) in [6, 6.07) is 2.84. The molecular formula is C22H31N5O6S2. The van der Waals surface area contributed by atoms with Gasteiger partial charge >= 0.3 is 5.97 Å². The van der Waals surface area contributed by atoms with E-state index in [2.05, 4.69) is 33.6 Å². The van der Waals surface area contributed by atoms with Crippen molar-refractivity contribution in [3.8, 4) is 0 Å². The van der Waals surface area contributed by atoms with Crippen LogP contribution in [0.5, 0.6) is 0 Å².